The van der Waals surface area contributed by atoms with Crippen molar-refractivity contribution in [3.63, 3.8) is 0 Å². The molecule has 0 fully saturated rings. The number of hydrogen-bond acceptors (Lipinski definition) is 3. The van der Waals surface area contributed by atoms with Gasteiger partial charge in [-0.05, 0) is 59.0 Å². The molecule has 0 saturated carbocycles. The number of halogens is 4. The molecule has 0 radical (unpaired) electrons. The highest BCUT2D eigenvalue weighted by atomic mass is 127. The van der Waals surface area contributed by atoms with Crippen molar-refractivity contribution >= 4 is 39.4 Å². The third-order valence-corrected chi connectivity index (χ3v) is 3.84. The minimum Gasteiger partial charge on any atom is -0.435 e. The quantitative estimate of drug-likeness (QED) is 0.473. The molecule has 2 aromatic carbocycles. The van der Waals surface area contributed by atoms with Crippen LogP contribution in [0.15, 0.2) is 40.8 Å². The van der Waals surface area contributed by atoms with Crippen LogP contribution in [0.4, 0.5) is 18.9 Å². The average molecular weight is 404 g/mol. The summed E-state index contributed by atoms with van der Waals surface area (Å²) in [5.41, 5.74) is 7.09. The predicted octanol–water partition coefficient (Wildman–Crippen LogP) is 4.70. The van der Waals surface area contributed by atoms with Crippen molar-refractivity contribution in [1.29, 1.82) is 0 Å². The van der Waals surface area contributed by atoms with Gasteiger partial charge in [-0.3, -0.25) is 0 Å². The van der Waals surface area contributed by atoms with Crippen molar-refractivity contribution in [2.24, 2.45) is 0 Å². The number of hydrogen-bond donors (Lipinski definition) is 1. The van der Waals surface area contributed by atoms with Gasteiger partial charge in [0.25, 0.3) is 0 Å². The maximum atomic E-state index is 12.5. The van der Waals surface area contributed by atoms with Crippen LogP contribution < -0.4 is 5.73 Å². The Morgan fingerprint density at radius 3 is 2.29 bits per heavy atom. The van der Waals surface area contributed by atoms with Gasteiger partial charge in [-0.15, -0.1) is 0 Å². The van der Waals surface area contributed by atoms with E-state index in [1.54, 1.807) is 12.1 Å². The number of nitrogens with zero attached hydrogens (tertiary/aromatic N) is 1. The largest absolute Gasteiger partial charge is 0.435 e. The van der Waals surface area contributed by atoms with Gasteiger partial charge in [0, 0.05) is 5.56 Å². The van der Waals surface area contributed by atoms with E-state index in [0.717, 1.165) is 15.7 Å². The molecule has 0 spiro atoms. The van der Waals surface area contributed by atoms with Crippen LogP contribution >= 0.6 is 22.6 Å². The second-order valence-electron chi connectivity index (χ2n) is 4.41. The van der Waals surface area contributed by atoms with Crippen LogP contribution in [0.25, 0.3) is 22.6 Å². The van der Waals surface area contributed by atoms with E-state index in [9.17, 15) is 13.2 Å². The number of nitrogen functional groups attached to an aromatic ring is 1. The Hall–Kier alpha value is -1.77. The number of rotatable bonds is 1. The fourth-order valence-corrected chi connectivity index (χ4v) is 2.47. The number of fused-ring (bicyclic) bond motifs is 1. The molecule has 108 valence electrons. The highest BCUT2D eigenvalue weighted by Gasteiger charge is 2.30. The van der Waals surface area contributed by atoms with Crippen LogP contribution in [0.1, 0.15) is 5.56 Å². The van der Waals surface area contributed by atoms with E-state index in [1.165, 1.54) is 12.1 Å². The second-order valence-corrected chi connectivity index (χ2v) is 5.57. The molecule has 3 nitrogen and oxygen atoms in total. The zero-order chi connectivity index (χ0) is 15.2. The maximum absolute atomic E-state index is 12.5. The van der Waals surface area contributed by atoms with Crippen molar-refractivity contribution < 1.29 is 17.6 Å². The molecular formula is C14H8F3IN2O. The highest BCUT2D eigenvalue weighted by molar-refractivity contribution is 14.1. The van der Waals surface area contributed by atoms with Crippen molar-refractivity contribution in [1.82, 2.24) is 4.98 Å². The third kappa shape index (κ3) is 2.57. The van der Waals surface area contributed by atoms with E-state index in [2.05, 4.69) is 27.6 Å². The molecule has 7 heteroatoms. The molecule has 0 bridgehead atoms. The van der Waals surface area contributed by atoms with Gasteiger partial charge in [0.2, 0.25) is 5.89 Å². The van der Waals surface area contributed by atoms with Gasteiger partial charge in [0.15, 0.2) is 5.58 Å². The van der Waals surface area contributed by atoms with E-state index in [0.29, 0.717) is 22.4 Å². The summed E-state index contributed by atoms with van der Waals surface area (Å²) < 4.78 is 44.1. The summed E-state index contributed by atoms with van der Waals surface area (Å²) in [5.74, 6) is 0.245. The first-order chi connectivity index (χ1) is 9.86. The SMILES string of the molecule is Nc1ccc(I)c2oc(-c3ccc(C(F)(F)F)cc3)nc12. The van der Waals surface area contributed by atoms with Crippen LogP contribution in [-0.4, -0.2) is 4.98 Å². The summed E-state index contributed by atoms with van der Waals surface area (Å²) in [5, 5.41) is 0. The Morgan fingerprint density at radius 2 is 1.71 bits per heavy atom. The molecule has 3 rings (SSSR count). The maximum Gasteiger partial charge on any atom is 0.416 e. The summed E-state index contributed by atoms with van der Waals surface area (Å²) in [7, 11) is 0. The predicted molar refractivity (Wildman–Crippen MR) is 81.6 cm³/mol. The minimum absolute atomic E-state index is 0.245. The summed E-state index contributed by atoms with van der Waals surface area (Å²) in [4.78, 5) is 4.26. The molecular weight excluding hydrogens is 396 g/mol. The Labute approximate surface area is 131 Å². The number of benzene rings is 2. The average Bonchev–Trinajstić information content (AvgIpc) is 2.89. The Kier molecular flexibility index (Phi) is 3.31. The van der Waals surface area contributed by atoms with E-state index in [1.807, 2.05) is 0 Å². The Bertz CT molecular complexity index is 770. The van der Waals surface area contributed by atoms with Gasteiger partial charge in [0.1, 0.15) is 5.52 Å². The van der Waals surface area contributed by atoms with Gasteiger partial charge in [0.05, 0.1) is 14.8 Å². The molecule has 1 heterocycles. The molecule has 21 heavy (non-hydrogen) atoms. The molecule has 2 N–H and O–H groups in total. The molecule has 0 aliphatic carbocycles. The smallest absolute Gasteiger partial charge is 0.416 e. The van der Waals surface area contributed by atoms with Gasteiger partial charge < -0.3 is 10.2 Å². The van der Waals surface area contributed by atoms with Gasteiger partial charge in [-0.2, -0.15) is 13.2 Å². The molecule has 0 saturated heterocycles. The monoisotopic (exact) mass is 404 g/mol. The lowest BCUT2D eigenvalue weighted by atomic mass is 10.1. The van der Waals surface area contributed by atoms with Gasteiger partial charge >= 0.3 is 6.18 Å². The van der Waals surface area contributed by atoms with E-state index < -0.39 is 11.7 Å². The standard InChI is InChI=1S/C14H8F3IN2O/c15-14(16,17)8-3-1-7(2-4-8)13-20-11-10(19)6-5-9(18)12(11)21-13/h1-6H,19H2. The number of oxazole rings is 1. The second kappa shape index (κ2) is 4.90. The zero-order valence-corrected chi connectivity index (χ0v) is 12.6. The number of anilines is 1. The summed E-state index contributed by atoms with van der Waals surface area (Å²) in [6, 6.07) is 8.16. The first-order valence-electron chi connectivity index (χ1n) is 5.88. The molecule has 0 aliphatic heterocycles. The Balaban J connectivity index is 2.09. The zero-order valence-electron chi connectivity index (χ0n) is 10.4. The highest BCUT2D eigenvalue weighted by Crippen LogP contribution is 2.33. The molecule has 0 aliphatic rings. The number of alkyl halides is 3. The number of aromatic nitrogens is 1. The van der Waals surface area contributed by atoms with Crippen molar-refractivity contribution in [2.75, 3.05) is 5.73 Å². The lowest BCUT2D eigenvalue weighted by Crippen LogP contribution is -2.03. The number of nitrogens with two attached hydrogens (primary N) is 1. The first-order valence-corrected chi connectivity index (χ1v) is 6.96. The molecule has 1 aromatic heterocycles. The lowest BCUT2D eigenvalue weighted by Gasteiger charge is -2.05. The van der Waals surface area contributed by atoms with Crippen LogP contribution in [-0.2, 0) is 6.18 Å². The van der Waals surface area contributed by atoms with E-state index in [-0.39, 0.29) is 5.89 Å². The fraction of sp³-hybridized carbons (Fsp3) is 0.0714. The molecule has 0 atom stereocenters. The van der Waals surface area contributed by atoms with Crippen LogP contribution in [0.2, 0.25) is 0 Å². The molecule has 0 unspecified atom stereocenters. The Morgan fingerprint density at radius 1 is 1.05 bits per heavy atom. The minimum atomic E-state index is -4.36. The molecule has 0 amide bonds. The lowest BCUT2D eigenvalue weighted by molar-refractivity contribution is -0.137. The van der Waals surface area contributed by atoms with Crippen LogP contribution in [0, 0.1) is 3.57 Å². The topological polar surface area (TPSA) is 52.0 Å². The van der Waals surface area contributed by atoms with Crippen LogP contribution in [0.5, 0.6) is 0 Å². The van der Waals surface area contributed by atoms with Gasteiger partial charge in [-0.25, -0.2) is 4.98 Å². The first kappa shape index (κ1) is 14.2. The molecule has 3 aromatic rings. The van der Waals surface area contributed by atoms with Crippen molar-refractivity contribution in [3.8, 4) is 11.5 Å². The van der Waals surface area contributed by atoms with Gasteiger partial charge in [-0.1, -0.05) is 0 Å². The van der Waals surface area contributed by atoms with E-state index in [4.69, 9.17) is 10.2 Å². The summed E-state index contributed by atoms with van der Waals surface area (Å²) >= 11 is 2.09. The normalized spacial score (nSPS) is 12.0. The fourth-order valence-electron chi connectivity index (χ4n) is 1.92. The van der Waals surface area contributed by atoms with Crippen LogP contribution in [0.3, 0.4) is 0 Å². The van der Waals surface area contributed by atoms with E-state index >= 15 is 0 Å². The van der Waals surface area contributed by atoms with Crippen molar-refractivity contribution in [3.05, 3.63) is 45.5 Å². The summed E-state index contributed by atoms with van der Waals surface area (Å²) in [6.07, 6.45) is -4.36. The van der Waals surface area contributed by atoms with Crippen molar-refractivity contribution in [2.45, 2.75) is 6.18 Å². The third-order valence-electron chi connectivity index (χ3n) is 2.99. The summed E-state index contributed by atoms with van der Waals surface area (Å²) in [6.45, 7) is 0.